The number of unbranched alkanes of at least 4 members (excludes halogenated alkanes) is 2. The van der Waals surface area contributed by atoms with Crippen LogP contribution in [0.25, 0.3) is 22.6 Å². The van der Waals surface area contributed by atoms with Crippen molar-refractivity contribution in [1.82, 2.24) is 9.97 Å². The van der Waals surface area contributed by atoms with Crippen LogP contribution in [0.1, 0.15) is 31.7 Å². The molecule has 0 unspecified atom stereocenters. The summed E-state index contributed by atoms with van der Waals surface area (Å²) in [4.78, 5) is 9.48. The molecule has 1 aromatic heterocycles. The first-order valence-corrected chi connectivity index (χ1v) is 8.35. The van der Waals surface area contributed by atoms with E-state index in [-0.39, 0.29) is 0 Å². The van der Waals surface area contributed by atoms with Gasteiger partial charge in [0.25, 0.3) is 0 Å². The lowest BCUT2D eigenvalue weighted by Gasteiger charge is -2.10. The number of aromatic nitrogens is 2. The smallest absolute Gasteiger partial charge is 0.159 e. The summed E-state index contributed by atoms with van der Waals surface area (Å²) in [5.41, 5.74) is 4.53. The molecule has 0 aliphatic rings. The summed E-state index contributed by atoms with van der Waals surface area (Å²) >= 11 is 0. The highest BCUT2D eigenvalue weighted by Gasteiger charge is 2.10. The Kier molecular flexibility index (Phi) is 5.15. The normalized spacial score (nSPS) is 10.7. The highest BCUT2D eigenvalue weighted by molar-refractivity contribution is 5.66. The Labute approximate surface area is 138 Å². The molecule has 2 nitrogen and oxygen atoms in total. The zero-order valence-electron chi connectivity index (χ0n) is 13.6. The van der Waals surface area contributed by atoms with Crippen molar-refractivity contribution >= 4 is 0 Å². The molecule has 0 aliphatic carbocycles. The third kappa shape index (κ3) is 3.84. The van der Waals surface area contributed by atoms with Crippen LogP contribution in [-0.4, -0.2) is 9.97 Å². The zero-order valence-corrected chi connectivity index (χ0v) is 13.6. The highest BCUT2D eigenvalue weighted by atomic mass is 14.9. The van der Waals surface area contributed by atoms with Crippen LogP contribution in [0.15, 0.2) is 66.9 Å². The number of benzene rings is 2. The largest absolute Gasteiger partial charge is 0.236 e. The van der Waals surface area contributed by atoms with Gasteiger partial charge < -0.3 is 0 Å². The van der Waals surface area contributed by atoms with Crippen LogP contribution in [0.5, 0.6) is 0 Å². The van der Waals surface area contributed by atoms with Crippen molar-refractivity contribution in [3.8, 4) is 22.6 Å². The van der Waals surface area contributed by atoms with Gasteiger partial charge in [0.2, 0.25) is 0 Å². The first-order valence-electron chi connectivity index (χ1n) is 8.35. The predicted octanol–water partition coefficient (Wildman–Crippen LogP) is 5.54. The van der Waals surface area contributed by atoms with Crippen molar-refractivity contribution in [2.45, 2.75) is 32.6 Å². The van der Waals surface area contributed by atoms with Crippen LogP contribution >= 0.6 is 0 Å². The Morgan fingerprint density at radius 2 is 1.43 bits per heavy atom. The van der Waals surface area contributed by atoms with Gasteiger partial charge in [-0.2, -0.15) is 0 Å². The second kappa shape index (κ2) is 7.68. The summed E-state index contributed by atoms with van der Waals surface area (Å²) in [5.74, 6) is 0.795. The lowest BCUT2D eigenvalue weighted by atomic mass is 10.0. The summed E-state index contributed by atoms with van der Waals surface area (Å²) in [6, 6.07) is 20.6. The van der Waals surface area contributed by atoms with Crippen LogP contribution < -0.4 is 0 Å². The van der Waals surface area contributed by atoms with Gasteiger partial charge >= 0.3 is 0 Å². The number of hydrogen-bond donors (Lipinski definition) is 0. The van der Waals surface area contributed by atoms with Crippen LogP contribution in [0, 0.1) is 0 Å². The number of nitrogens with zero attached hydrogens (tertiary/aromatic N) is 2. The molecule has 0 radical (unpaired) electrons. The van der Waals surface area contributed by atoms with Crippen LogP contribution in [-0.2, 0) is 6.42 Å². The van der Waals surface area contributed by atoms with E-state index in [9.17, 15) is 0 Å². The monoisotopic (exact) mass is 302 g/mol. The van der Waals surface area contributed by atoms with E-state index in [1.807, 2.05) is 30.5 Å². The summed E-state index contributed by atoms with van der Waals surface area (Å²) < 4.78 is 0. The number of hydrogen-bond acceptors (Lipinski definition) is 2. The lowest BCUT2D eigenvalue weighted by Crippen LogP contribution is -1.99. The zero-order chi connectivity index (χ0) is 15.9. The van der Waals surface area contributed by atoms with Gasteiger partial charge in [0.15, 0.2) is 5.82 Å². The Balaban J connectivity index is 2.00. The van der Waals surface area contributed by atoms with E-state index in [2.05, 4.69) is 48.3 Å². The van der Waals surface area contributed by atoms with Crippen molar-refractivity contribution in [2.24, 2.45) is 0 Å². The van der Waals surface area contributed by atoms with Gasteiger partial charge in [-0.3, -0.25) is 0 Å². The van der Waals surface area contributed by atoms with Crippen LogP contribution in [0.3, 0.4) is 0 Å². The maximum absolute atomic E-state index is 4.88. The molecule has 0 amide bonds. The molecule has 3 aromatic rings. The Morgan fingerprint density at radius 1 is 0.783 bits per heavy atom. The number of rotatable bonds is 6. The quantitative estimate of drug-likeness (QED) is 0.558. The fourth-order valence-electron chi connectivity index (χ4n) is 2.73. The minimum atomic E-state index is 0.795. The molecular weight excluding hydrogens is 280 g/mol. The Bertz CT molecular complexity index is 736. The summed E-state index contributed by atoms with van der Waals surface area (Å²) in [6.07, 6.45) is 6.70. The van der Waals surface area contributed by atoms with Gasteiger partial charge in [-0.15, -0.1) is 0 Å². The third-order valence-corrected chi connectivity index (χ3v) is 3.99. The van der Waals surface area contributed by atoms with Gasteiger partial charge in [0, 0.05) is 17.3 Å². The van der Waals surface area contributed by atoms with Gasteiger partial charge in [0.1, 0.15) is 0 Å². The third-order valence-electron chi connectivity index (χ3n) is 3.99. The van der Waals surface area contributed by atoms with E-state index in [0.717, 1.165) is 23.5 Å². The van der Waals surface area contributed by atoms with Gasteiger partial charge in [0.05, 0.1) is 5.69 Å². The molecular formula is C21H22N2. The molecule has 0 aliphatic heterocycles. The molecule has 3 rings (SSSR count). The Morgan fingerprint density at radius 3 is 2.09 bits per heavy atom. The predicted molar refractivity (Wildman–Crippen MR) is 96.1 cm³/mol. The van der Waals surface area contributed by atoms with Gasteiger partial charge in [-0.1, -0.05) is 80.4 Å². The standard InChI is InChI=1S/C21H22N2/c1-2-3-6-15-19-16-22-21(18-13-9-5-10-14-18)23-20(19)17-11-7-4-8-12-17/h4-5,7-14,16H,2-3,6,15H2,1H3. The van der Waals surface area contributed by atoms with E-state index in [4.69, 9.17) is 4.98 Å². The molecule has 0 saturated heterocycles. The minimum absolute atomic E-state index is 0.795. The molecule has 2 aromatic carbocycles. The van der Waals surface area contributed by atoms with Crippen molar-refractivity contribution in [1.29, 1.82) is 0 Å². The maximum Gasteiger partial charge on any atom is 0.159 e. The van der Waals surface area contributed by atoms with Crippen molar-refractivity contribution in [3.05, 3.63) is 72.4 Å². The van der Waals surface area contributed by atoms with Crippen molar-refractivity contribution in [2.75, 3.05) is 0 Å². The van der Waals surface area contributed by atoms with E-state index in [1.165, 1.54) is 30.4 Å². The average Bonchev–Trinajstić information content (AvgIpc) is 2.63. The van der Waals surface area contributed by atoms with Crippen molar-refractivity contribution in [3.63, 3.8) is 0 Å². The highest BCUT2D eigenvalue weighted by Crippen LogP contribution is 2.25. The Hall–Kier alpha value is -2.48. The molecule has 2 heteroatoms. The lowest BCUT2D eigenvalue weighted by molar-refractivity contribution is 0.715. The molecule has 0 fully saturated rings. The van der Waals surface area contributed by atoms with E-state index < -0.39 is 0 Å². The summed E-state index contributed by atoms with van der Waals surface area (Å²) in [6.45, 7) is 2.23. The first-order chi connectivity index (χ1) is 11.4. The fraction of sp³-hybridized carbons (Fsp3) is 0.238. The molecule has 0 saturated carbocycles. The first kappa shape index (κ1) is 15.4. The van der Waals surface area contributed by atoms with E-state index in [0.29, 0.717) is 0 Å². The minimum Gasteiger partial charge on any atom is -0.236 e. The maximum atomic E-state index is 4.88. The second-order valence-electron chi connectivity index (χ2n) is 5.76. The van der Waals surface area contributed by atoms with Gasteiger partial charge in [-0.25, -0.2) is 9.97 Å². The molecule has 0 spiro atoms. The fourth-order valence-corrected chi connectivity index (χ4v) is 2.73. The molecule has 1 heterocycles. The molecule has 0 atom stereocenters. The summed E-state index contributed by atoms with van der Waals surface area (Å²) in [5, 5.41) is 0. The van der Waals surface area contributed by atoms with Crippen molar-refractivity contribution < 1.29 is 0 Å². The molecule has 0 bridgehead atoms. The number of aryl methyl sites for hydroxylation is 1. The van der Waals surface area contributed by atoms with Gasteiger partial charge in [-0.05, 0) is 18.4 Å². The SMILES string of the molecule is CCCCCc1cnc(-c2ccccc2)nc1-c1ccccc1. The average molecular weight is 302 g/mol. The van der Waals surface area contributed by atoms with E-state index >= 15 is 0 Å². The molecule has 0 N–H and O–H groups in total. The van der Waals surface area contributed by atoms with Crippen LogP contribution in [0.4, 0.5) is 0 Å². The molecule has 23 heavy (non-hydrogen) atoms. The van der Waals surface area contributed by atoms with Crippen LogP contribution in [0.2, 0.25) is 0 Å². The second-order valence-corrected chi connectivity index (χ2v) is 5.76. The summed E-state index contributed by atoms with van der Waals surface area (Å²) in [7, 11) is 0. The van der Waals surface area contributed by atoms with E-state index in [1.54, 1.807) is 0 Å². The topological polar surface area (TPSA) is 25.8 Å². The molecule has 116 valence electrons.